The van der Waals surface area contributed by atoms with Gasteiger partial charge in [0, 0.05) is 20.6 Å². The number of aromatic nitrogens is 2. The molecule has 0 radical (unpaired) electrons. The van der Waals surface area contributed by atoms with Crippen LogP contribution in [0, 0.1) is 5.82 Å². The van der Waals surface area contributed by atoms with Crippen molar-refractivity contribution in [3.8, 4) is 5.75 Å². The summed E-state index contributed by atoms with van der Waals surface area (Å²) in [5.74, 6) is -2.28. The topological polar surface area (TPSA) is 131 Å². The largest absolute Gasteiger partial charge is 0.501 e. The number of ether oxygens (including phenoxy) is 1. The number of halogens is 1. The second-order valence-electron chi connectivity index (χ2n) is 7.67. The van der Waals surface area contributed by atoms with Gasteiger partial charge in [-0.15, -0.1) is 0 Å². The molecule has 2 heterocycles. The van der Waals surface area contributed by atoms with E-state index in [2.05, 4.69) is 10.3 Å². The summed E-state index contributed by atoms with van der Waals surface area (Å²) in [5, 5.41) is 12.7. The highest BCUT2D eigenvalue weighted by Gasteiger charge is 2.34. The van der Waals surface area contributed by atoms with Gasteiger partial charge in [0.05, 0.1) is 18.0 Å². The second-order valence-corrected chi connectivity index (χ2v) is 9.79. The molecule has 31 heavy (non-hydrogen) atoms. The molecule has 12 heteroatoms. The van der Waals surface area contributed by atoms with Crippen LogP contribution in [0.15, 0.2) is 27.9 Å². The lowest BCUT2D eigenvalue weighted by molar-refractivity contribution is -0.0566. The highest BCUT2D eigenvalue weighted by Crippen LogP contribution is 2.27. The quantitative estimate of drug-likeness (QED) is 0.674. The van der Waals surface area contributed by atoms with Crippen molar-refractivity contribution in [3.63, 3.8) is 0 Å². The first-order chi connectivity index (χ1) is 14.4. The molecular formula is C19H23FN4O6S. The van der Waals surface area contributed by atoms with Crippen LogP contribution in [0.4, 0.5) is 4.39 Å². The van der Waals surface area contributed by atoms with Crippen LogP contribution in [-0.4, -0.2) is 54.0 Å². The van der Waals surface area contributed by atoms with Crippen LogP contribution in [-0.2, 0) is 33.5 Å². The van der Waals surface area contributed by atoms with Crippen LogP contribution in [0.1, 0.15) is 35.7 Å². The molecule has 1 aliphatic rings. The molecule has 0 saturated heterocycles. The van der Waals surface area contributed by atoms with Crippen LogP contribution >= 0.6 is 0 Å². The van der Waals surface area contributed by atoms with E-state index in [0.29, 0.717) is 0 Å². The van der Waals surface area contributed by atoms with Crippen molar-refractivity contribution in [2.45, 2.75) is 37.4 Å². The van der Waals surface area contributed by atoms with Crippen molar-refractivity contribution in [3.05, 3.63) is 51.5 Å². The number of carbonyl (C=O) groups excluding carboxylic acids is 1. The summed E-state index contributed by atoms with van der Waals surface area (Å²) < 4.78 is 46.4. The number of hydrogen-bond donors (Lipinski definition) is 2. The predicted molar refractivity (Wildman–Crippen MR) is 108 cm³/mol. The van der Waals surface area contributed by atoms with E-state index in [1.54, 1.807) is 13.8 Å². The summed E-state index contributed by atoms with van der Waals surface area (Å²) in [5.41, 5.74) is -2.11. The zero-order valence-electron chi connectivity index (χ0n) is 17.5. The molecule has 0 unspecified atom stereocenters. The highest BCUT2D eigenvalue weighted by molar-refractivity contribution is 7.89. The summed E-state index contributed by atoms with van der Waals surface area (Å²) in [6.45, 7) is 3.49. The number of aromatic hydroxyl groups is 1. The minimum absolute atomic E-state index is 0.126. The fourth-order valence-corrected chi connectivity index (χ4v) is 4.32. The van der Waals surface area contributed by atoms with Crippen LogP contribution in [0.5, 0.6) is 5.75 Å². The summed E-state index contributed by atoms with van der Waals surface area (Å²) in [6.07, 6.45) is 0. The maximum Gasteiger partial charge on any atom is 0.296 e. The summed E-state index contributed by atoms with van der Waals surface area (Å²) in [7, 11) is -1.38. The average molecular weight is 454 g/mol. The molecule has 3 rings (SSSR count). The van der Waals surface area contributed by atoms with Gasteiger partial charge in [-0.25, -0.2) is 22.1 Å². The van der Waals surface area contributed by atoms with Crippen molar-refractivity contribution in [2.24, 2.45) is 0 Å². The minimum Gasteiger partial charge on any atom is -0.501 e. The summed E-state index contributed by atoms with van der Waals surface area (Å²) >= 11 is 0. The normalized spacial score (nSPS) is 15.5. The lowest BCUT2D eigenvalue weighted by Crippen LogP contribution is -2.42. The Kier molecular flexibility index (Phi) is 5.91. The van der Waals surface area contributed by atoms with E-state index in [-0.39, 0.29) is 36.0 Å². The van der Waals surface area contributed by atoms with E-state index in [1.165, 1.54) is 24.7 Å². The van der Waals surface area contributed by atoms with Gasteiger partial charge in [-0.05, 0) is 31.5 Å². The number of rotatable bonds is 5. The van der Waals surface area contributed by atoms with Gasteiger partial charge in [0.1, 0.15) is 17.2 Å². The number of fused-ring (bicyclic) bond motifs is 1. The Morgan fingerprint density at radius 1 is 1.39 bits per heavy atom. The molecule has 0 fully saturated rings. The molecule has 1 amide bonds. The molecule has 1 aromatic heterocycles. The molecule has 1 aliphatic heterocycles. The molecule has 168 valence electrons. The Hall–Kier alpha value is -2.83. The highest BCUT2D eigenvalue weighted by atomic mass is 32.2. The van der Waals surface area contributed by atoms with Crippen LogP contribution < -0.4 is 10.9 Å². The first kappa shape index (κ1) is 22.8. The van der Waals surface area contributed by atoms with E-state index in [4.69, 9.17) is 4.74 Å². The van der Waals surface area contributed by atoms with Crippen LogP contribution in [0.2, 0.25) is 0 Å². The number of benzene rings is 1. The Bertz CT molecular complexity index is 1210. The monoisotopic (exact) mass is 454 g/mol. The van der Waals surface area contributed by atoms with Gasteiger partial charge < -0.3 is 15.2 Å². The Morgan fingerprint density at radius 3 is 2.71 bits per heavy atom. The van der Waals surface area contributed by atoms with Crippen molar-refractivity contribution in [1.29, 1.82) is 0 Å². The van der Waals surface area contributed by atoms with Gasteiger partial charge >= 0.3 is 0 Å². The van der Waals surface area contributed by atoms with E-state index in [1.807, 2.05) is 0 Å². The van der Waals surface area contributed by atoms with Gasteiger partial charge in [-0.3, -0.25) is 14.2 Å². The van der Waals surface area contributed by atoms with Crippen molar-refractivity contribution < 1.29 is 27.4 Å². The maximum atomic E-state index is 13.7. The van der Waals surface area contributed by atoms with Crippen LogP contribution in [0.3, 0.4) is 0 Å². The molecular weight excluding hydrogens is 431 g/mol. The van der Waals surface area contributed by atoms with Gasteiger partial charge in [-0.1, -0.05) is 6.07 Å². The lowest BCUT2D eigenvalue weighted by atomic mass is 10.1. The van der Waals surface area contributed by atoms with E-state index < -0.39 is 44.4 Å². The number of nitrogens with one attached hydrogen (secondary N) is 1. The molecule has 0 spiro atoms. The van der Waals surface area contributed by atoms with Crippen molar-refractivity contribution in [2.75, 3.05) is 20.7 Å². The summed E-state index contributed by atoms with van der Waals surface area (Å²) in [6, 6.07) is 3.16. The lowest BCUT2D eigenvalue weighted by Gasteiger charge is -2.32. The molecule has 0 atom stereocenters. The average Bonchev–Trinajstić information content (AvgIpc) is 2.69. The van der Waals surface area contributed by atoms with Crippen LogP contribution in [0.25, 0.3) is 0 Å². The first-order valence-corrected chi connectivity index (χ1v) is 10.8. The fourth-order valence-electron chi connectivity index (χ4n) is 3.20. The standard InChI is InChI=1S/C19H23FN4O6S/c1-19(2)18-22-14(15(25)17(27)24(18)7-8-30-19)16(26)21-10-11-5-6-12(20)9-13(11)31(28,29)23(3)4/h5-6,9,25H,7-8,10H2,1-4H3,(H,21,26). The second kappa shape index (κ2) is 8.02. The molecule has 10 nitrogen and oxygen atoms in total. The molecule has 1 aromatic carbocycles. The number of carbonyl (C=O) groups is 1. The molecule has 0 bridgehead atoms. The maximum absolute atomic E-state index is 13.7. The SMILES string of the molecule is CN(C)S(=O)(=O)c1cc(F)ccc1CNC(=O)c1nc2n(c(=O)c1O)CCOC2(C)C. The van der Waals surface area contributed by atoms with Gasteiger partial charge in [0.15, 0.2) is 5.69 Å². The number of nitrogens with zero attached hydrogens (tertiary/aromatic N) is 3. The minimum atomic E-state index is -3.98. The Balaban J connectivity index is 1.95. The summed E-state index contributed by atoms with van der Waals surface area (Å²) in [4.78, 5) is 29.0. The van der Waals surface area contributed by atoms with Crippen molar-refractivity contribution in [1.82, 2.24) is 19.2 Å². The number of sulfonamides is 1. The molecule has 2 aromatic rings. The van der Waals surface area contributed by atoms with E-state index in [0.717, 1.165) is 16.4 Å². The zero-order chi connectivity index (χ0) is 23.1. The molecule has 0 aliphatic carbocycles. The van der Waals surface area contributed by atoms with Crippen molar-refractivity contribution >= 4 is 15.9 Å². The fraction of sp³-hybridized carbons (Fsp3) is 0.421. The zero-order valence-corrected chi connectivity index (χ0v) is 18.3. The molecule has 0 saturated carbocycles. The number of hydrogen-bond acceptors (Lipinski definition) is 7. The number of amides is 1. The Morgan fingerprint density at radius 2 is 2.06 bits per heavy atom. The smallest absolute Gasteiger partial charge is 0.296 e. The third-order valence-electron chi connectivity index (χ3n) is 4.90. The van der Waals surface area contributed by atoms with Gasteiger partial charge in [0.2, 0.25) is 15.8 Å². The third-order valence-corrected chi connectivity index (χ3v) is 6.80. The van der Waals surface area contributed by atoms with E-state index >= 15 is 0 Å². The van der Waals surface area contributed by atoms with Gasteiger partial charge in [0.25, 0.3) is 11.5 Å². The molecule has 2 N–H and O–H groups in total. The van der Waals surface area contributed by atoms with E-state index in [9.17, 15) is 27.5 Å². The first-order valence-electron chi connectivity index (χ1n) is 9.33. The van der Waals surface area contributed by atoms with Gasteiger partial charge in [-0.2, -0.15) is 0 Å². The Labute approximate surface area is 178 Å². The predicted octanol–water partition coefficient (Wildman–Crippen LogP) is 0.534. The third kappa shape index (κ3) is 4.18.